The number of allylic oxidation sites excluding steroid dienone is 1. The Kier molecular flexibility index (Phi) is 5.31. The second-order valence-corrected chi connectivity index (χ2v) is 6.74. The van der Waals surface area contributed by atoms with E-state index >= 15 is 0 Å². The van der Waals surface area contributed by atoms with Crippen LogP contribution in [-0.4, -0.2) is 48.9 Å². The largest absolute Gasteiger partial charge is 0.464 e. The van der Waals surface area contributed by atoms with Gasteiger partial charge in [-0.15, -0.1) is 0 Å². The van der Waals surface area contributed by atoms with Crippen molar-refractivity contribution in [3.05, 3.63) is 91.2 Å². The molecule has 0 radical (unpaired) electrons. The lowest BCUT2D eigenvalue weighted by Crippen LogP contribution is -2.32. The van der Waals surface area contributed by atoms with Gasteiger partial charge in [0.05, 0.1) is 22.5 Å². The molecule has 1 aliphatic rings. The van der Waals surface area contributed by atoms with Crippen LogP contribution < -0.4 is 5.32 Å². The van der Waals surface area contributed by atoms with Gasteiger partial charge in [0.25, 0.3) is 11.4 Å². The number of Topliss-reactive ketones (excluding diaryl/α,β-unsaturated/α-hetero) is 1. The van der Waals surface area contributed by atoms with Crippen LogP contribution in [-0.2, 0) is 9.53 Å². The Morgan fingerprint density at radius 3 is 2.12 bits per heavy atom. The zero-order chi connectivity index (χ0) is 23.7. The number of methoxy groups -OCH3 is 1. The van der Waals surface area contributed by atoms with Gasteiger partial charge in [0, 0.05) is 29.8 Å². The molecule has 1 N–H and O–H groups in total. The first kappa shape index (κ1) is 21.2. The summed E-state index contributed by atoms with van der Waals surface area (Å²) in [5.74, 6) is -1.48. The monoisotopic (exact) mass is 451 g/mol. The third-order valence-electron chi connectivity index (χ3n) is 4.91. The number of rotatable bonds is 6. The Hall–Kier alpha value is -5.01. The van der Waals surface area contributed by atoms with Crippen LogP contribution in [0.3, 0.4) is 0 Å². The average molecular weight is 451 g/mol. The number of carbonyl (C=O) groups excluding carboxylic acids is 2. The van der Waals surface area contributed by atoms with Crippen LogP contribution in [0.1, 0.15) is 22.0 Å². The summed E-state index contributed by atoms with van der Waals surface area (Å²) >= 11 is 0. The normalized spacial score (nSPS) is 14.8. The summed E-state index contributed by atoms with van der Waals surface area (Å²) in [6.07, 6.45) is 0. The van der Waals surface area contributed by atoms with Gasteiger partial charge in [-0.2, -0.15) is 4.68 Å². The predicted molar refractivity (Wildman–Crippen MR) is 109 cm³/mol. The number of non-ortho nitro benzene ring substituents is 2. The molecule has 2 aromatic carbocycles. The highest BCUT2D eigenvalue weighted by Gasteiger charge is 2.38. The van der Waals surface area contributed by atoms with Crippen molar-refractivity contribution in [1.82, 2.24) is 20.2 Å². The second kappa shape index (κ2) is 8.26. The summed E-state index contributed by atoms with van der Waals surface area (Å²) in [6.45, 7) is 0. The zero-order valence-electron chi connectivity index (χ0n) is 16.7. The lowest BCUT2D eigenvalue weighted by atomic mass is 9.89. The third-order valence-corrected chi connectivity index (χ3v) is 4.91. The fraction of sp³-hybridized carbons (Fsp3) is 0.105. The number of ketones is 1. The van der Waals surface area contributed by atoms with Crippen molar-refractivity contribution < 1.29 is 24.2 Å². The van der Waals surface area contributed by atoms with E-state index < -0.39 is 27.6 Å². The van der Waals surface area contributed by atoms with Gasteiger partial charge in [0.2, 0.25) is 5.95 Å². The Bertz CT molecular complexity index is 1310. The number of hydrogen-bond donors (Lipinski definition) is 1. The smallest absolute Gasteiger partial charge is 0.355 e. The van der Waals surface area contributed by atoms with E-state index in [2.05, 4.69) is 20.8 Å². The van der Waals surface area contributed by atoms with Crippen molar-refractivity contribution in [3.8, 4) is 0 Å². The van der Waals surface area contributed by atoms with Crippen LogP contribution in [0.4, 0.5) is 17.3 Å². The van der Waals surface area contributed by atoms with Gasteiger partial charge in [-0.25, -0.2) is 4.79 Å². The van der Waals surface area contributed by atoms with Crippen LogP contribution in [0.5, 0.6) is 0 Å². The van der Waals surface area contributed by atoms with Crippen LogP contribution in [0.15, 0.2) is 59.8 Å². The summed E-state index contributed by atoms with van der Waals surface area (Å²) in [5, 5.41) is 35.9. The molecular formula is C19H13N7O7. The summed E-state index contributed by atoms with van der Waals surface area (Å²) in [6, 6.07) is 9.09. The van der Waals surface area contributed by atoms with E-state index in [0.717, 1.165) is 19.2 Å². The van der Waals surface area contributed by atoms with E-state index in [0.29, 0.717) is 5.56 Å². The molecule has 0 amide bonds. The molecule has 2 heterocycles. The number of nitrogens with one attached hydrogen (secondary N) is 1. The van der Waals surface area contributed by atoms with E-state index in [1.165, 1.54) is 41.1 Å². The molecule has 14 heteroatoms. The second-order valence-electron chi connectivity index (χ2n) is 6.74. The fourth-order valence-electron chi connectivity index (χ4n) is 3.36. The number of anilines is 1. The molecule has 14 nitrogen and oxygen atoms in total. The first-order valence-electron chi connectivity index (χ1n) is 9.22. The van der Waals surface area contributed by atoms with Crippen molar-refractivity contribution in [2.45, 2.75) is 6.04 Å². The van der Waals surface area contributed by atoms with Crippen LogP contribution in [0.2, 0.25) is 0 Å². The van der Waals surface area contributed by atoms with Crippen LogP contribution in [0.25, 0.3) is 0 Å². The quantitative estimate of drug-likeness (QED) is 0.249. The van der Waals surface area contributed by atoms with Gasteiger partial charge in [-0.3, -0.25) is 25.0 Å². The minimum Gasteiger partial charge on any atom is -0.464 e. The lowest BCUT2D eigenvalue weighted by Gasteiger charge is -2.28. The van der Waals surface area contributed by atoms with Crippen molar-refractivity contribution in [3.63, 3.8) is 0 Å². The first-order chi connectivity index (χ1) is 15.8. The van der Waals surface area contributed by atoms with E-state index in [4.69, 9.17) is 4.74 Å². The highest BCUT2D eigenvalue weighted by atomic mass is 16.6. The Morgan fingerprint density at radius 2 is 1.58 bits per heavy atom. The number of esters is 1. The molecule has 1 aliphatic heterocycles. The summed E-state index contributed by atoms with van der Waals surface area (Å²) < 4.78 is 6.06. The number of ether oxygens (including phenoxy) is 1. The molecule has 1 aromatic heterocycles. The molecule has 0 unspecified atom stereocenters. The van der Waals surface area contributed by atoms with Gasteiger partial charge < -0.3 is 10.1 Å². The Balaban J connectivity index is 1.89. The van der Waals surface area contributed by atoms with Gasteiger partial charge in [-0.1, -0.05) is 5.10 Å². The lowest BCUT2D eigenvalue weighted by molar-refractivity contribution is -0.385. The first-order valence-corrected chi connectivity index (χ1v) is 9.22. The molecule has 4 rings (SSSR count). The molecule has 3 aromatic rings. The van der Waals surface area contributed by atoms with Crippen molar-refractivity contribution in [1.29, 1.82) is 0 Å². The molecule has 0 saturated heterocycles. The van der Waals surface area contributed by atoms with Gasteiger partial charge in [0.1, 0.15) is 11.7 Å². The number of aromatic nitrogens is 4. The van der Waals surface area contributed by atoms with E-state index in [9.17, 15) is 29.8 Å². The Labute approximate surface area is 183 Å². The average Bonchev–Trinajstić information content (AvgIpc) is 3.30. The standard InChI is InChI=1S/C19H13N7O7/c1-33-18(28)15-14(17(27)11-4-8-13(9-5-11)26(31)32)16(24-19(20-15)21-22-23-24)10-2-6-12(7-3-10)25(29)30/h2-9,16H,1H3,(H,20,21,23)/t16-/m1/s1. The fourth-order valence-corrected chi connectivity index (χ4v) is 3.36. The molecule has 166 valence electrons. The molecule has 0 saturated carbocycles. The predicted octanol–water partition coefficient (Wildman–Crippen LogP) is 1.81. The van der Waals surface area contributed by atoms with Crippen molar-refractivity contribution in [2.24, 2.45) is 0 Å². The molecule has 0 aliphatic carbocycles. The number of nitro benzene ring substituents is 2. The third kappa shape index (κ3) is 3.76. The van der Waals surface area contributed by atoms with Gasteiger partial charge in [0.15, 0.2) is 5.78 Å². The number of nitro groups is 2. The number of carbonyl (C=O) groups is 2. The zero-order valence-corrected chi connectivity index (χ0v) is 16.7. The number of tetrazole rings is 1. The SMILES string of the molecule is COC(=O)C1=C(C(=O)c2ccc([N+](=O)[O-])cc2)[C@@H](c2ccc([N+](=O)[O-])cc2)n2nnnc2N1. The highest BCUT2D eigenvalue weighted by molar-refractivity contribution is 6.15. The topological polar surface area (TPSA) is 185 Å². The summed E-state index contributed by atoms with van der Waals surface area (Å²) in [5.41, 5.74) is -0.296. The Morgan fingerprint density at radius 1 is 1.00 bits per heavy atom. The maximum absolute atomic E-state index is 13.5. The van der Waals surface area contributed by atoms with Gasteiger partial charge >= 0.3 is 5.97 Å². The number of nitrogens with zero attached hydrogens (tertiary/aromatic N) is 6. The molecule has 33 heavy (non-hydrogen) atoms. The van der Waals surface area contributed by atoms with Gasteiger partial charge in [-0.05, 0) is 40.3 Å². The highest BCUT2D eigenvalue weighted by Crippen LogP contribution is 2.37. The molecule has 1 atom stereocenters. The summed E-state index contributed by atoms with van der Waals surface area (Å²) in [4.78, 5) is 46.9. The molecule has 0 bridgehead atoms. The number of fused-ring (bicyclic) bond motifs is 1. The molecule has 0 spiro atoms. The van der Waals surface area contributed by atoms with E-state index in [1.807, 2.05) is 0 Å². The molecular weight excluding hydrogens is 438 g/mol. The van der Waals surface area contributed by atoms with E-state index in [-0.39, 0.29) is 34.2 Å². The minimum absolute atomic E-state index is 0.0407. The molecule has 0 fully saturated rings. The van der Waals surface area contributed by atoms with Crippen LogP contribution in [0, 0.1) is 20.2 Å². The van der Waals surface area contributed by atoms with Crippen LogP contribution >= 0.6 is 0 Å². The number of benzene rings is 2. The minimum atomic E-state index is -1.05. The maximum atomic E-state index is 13.5. The summed E-state index contributed by atoms with van der Waals surface area (Å²) in [7, 11) is 1.13. The van der Waals surface area contributed by atoms with Crippen molar-refractivity contribution >= 4 is 29.1 Å². The maximum Gasteiger partial charge on any atom is 0.355 e. The number of hydrogen-bond acceptors (Lipinski definition) is 11. The van der Waals surface area contributed by atoms with E-state index in [1.54, 1.807) is 0 Å². The van der Waals surface area contributed by atoms with Crippen molar-refractivity contribution in [2.75, 3.05) is 12.4 Å².